The summed E-state index contributed by atoms with van der Waals surface area (Å²) in [6.45, 7) is 0.865. The monoisotopic (exact) mass is 424 g/mol. The van der Waals surface area contributed by atoms with Crippen molar-refractivity contribution < 1.29 is 9.18 Å². The van der Waals surface area contributed by atoms with Gasteiger partial charge in [-0.15, -0.1) is 15.3 Å². The van der Waals surface area contributed by atoms with Crippen LogP contribution in [0.5, 0.6) is 0 Å². The minimum atomic E-state index is -0.555. The first-order valence-corrected chi connectivity index (χ1v) is 9.70. The molecule has 4 aromatic rings. The zero-order chi connectivity index (χ0) is 20.9. The summed E-state index contributed by atoms with van der Waals surface area (Å²) < 4.78 is 15.3. The molecule has 0 bridgehead atoms. The normalized spacial score (nSPS) is 10.9. The van der Waals surface area contributed by atoms with Gasteiger partial charge >= 0.3 is 0 Å². The first-order valence-electron chi connectivity index (χ1n) is 9.32. The number of anilines is 1. The molecular weight excluding hydrogens is 407 g/mol. The summed E-state index contributed by atoms with van der Waals surface area (Å²) in [5.74, 6) is 0.226. The van der Waals surface area contributed by atoms with E-state index in [0.29, 0.717) is 35.3 Å². The van der Waals surface area contributed by atoms with Crippen molar-refractivity contribution in [1.82, 2.24) is 25.1 Å². The van der Waals surface area contributed by atoms with Gasteiger partial charge in [-0.05, 0) is 42.0 Å². The Balaban J connectivity index is 1.39. The molecule has 7 nitrogen and oxygen atoms in total. The number of rotatable bonds is 7. The number of aromatic nitrogens is 4. The molecule has 1 amide bonds. The van der Waals surface area contributed by atoms with E-state index in [0.717, 1.165) is 5.56 Å². The summed E-state index contributed by atoms with van der Waals surface area (Å²) in [6, 6.07) is 17.0. The van der Waals surface area contributed by atoms with Crippen LogP contribution in [0.1, 0.15) is 21.7 Å². The van der Waals surface area contributed by atoms with Gasteiger partial charge in [0.25, 0.3) is 5.91 Å². The van der Waals surface area contributed by atoms with Crippen molar-refractivity contribution in [3.63, 3.8) is 0 Å². The van der Waals surface area contributed by atoms with E-state index in [1.54, 1.807) is 16.6 Å². The third kappa shape index (κ3) is 4.55. The predicted molar refractivity (Wildman–Crippen MR) is 112 cm³/mol. The van der Waals surface area contributed by atoms with Crippen molar-refractivity contribution in [2.75, 3.05) is 11.9 Å². The van der Waals surface area contributed by atoms with Crippen molar-refractivity contribution in [2.24, 2.45) is 0 Å². The zero-order valence-corrected chi connectivity index (χ0v) is 16.6. The van der Waals surface area contributed by atoms with Crippen LogP contribution in [0, 0.1) is 5.82 Å². The van der Waals surface area contributed by atoms with Crippen molar-refractivity contribution in [3.05, 3.63) is 88.5 Å². The molecule has 0 fully saturated rings. The van der Waals surface area contributed by atoms with Gasteiger partial charge < -0.3 is 10.6 Å². The van der Waals surface area contributed by atoms with Crippen molar-refractivity contribution >= 4 is 29.0 Å². The van der Waals surface area contributed by atoms with Crippen LogP contribution in [0.15, 0.2) is 60.7 Å². The molecule has 30 heavy (non-hydrogen) atoms. The summed E-state index contributed by atoms with van der Waals surface area (Å²) >= 11 is 5.91. The number of carbonyl (C=O) groups is 1. The number of carbonyl (C=O) groups excluding carboxylic acids is 1. The number of nitrogens with one attached hydrogen (secondary N) is 2. The molecular formula is C21H18ClFN6O. The van der Waals surface area contributed by atoms with Gasteiger partial charge in [0.05, 0.1) is 5.56 Å². The highest BCUT2D eigenvalue weighted by molar-refractivity contribution is 6.30. The van der Waals surface area contributed by atoms with E-state index in [9.17, 15) is 9.18 Å². The number of hydrogen-bond acceptors (Lipinski definition) is 5. The fourth-order valence-electron chi connectivity index (χ4n) is 2.91. The highest BCUT2D eigenvalue weighted by Crippen LogP contribution is 2.12. The van der Waals surface area contributed by atoms with E-state index in [4.69, 9.17) is 11.6 Å². The minimum Gasteiger partial charge on any atom is -0.365 e. The summed E-state index contributed by atoms with van der Waals surface area (Å²) in [5, 5.41) is 19.4. The van der Waals surface area contributed by atoms with Gasteiger partial charge in [-0.1, -0.05) is 35.9 Å². The zero-order valence-electron chi connectivity index (χ0n) is 15.8. The smallest absolute Gasteiger partial charge is 0.254 e. The van der Waals surface area contributed by atoms with Crippen molar-refractivity contribution in [2.45, 2.75) is 13.0 Å². The Labute approximate surface area is 176 Å². The van der Waals surface area contributed by atoms with Crippen LogP contribution in [-0.4, -0.2) is 32.3 Å². The summed E-state index contributed by atoms with van der Waals surface area (Å²) in [5.41, 5.74) is 1.68. The lowest BCUT2D eigenvalue weighted by Gasteiger charge is -2.07. The van der Waals surface area contributed by atoms with E-state index < -0.39 is 11.7 Å². The van der Waals surface area contributed by atoms with Crippen LogP contribution in [0.4, 0.5) is 10.2 Å². The highest BCUT2D eigenvalue weighted by atomic mass is 35.5. The van der Waals surface area contributed by atoms with Gasteiger partial charge in [-0.3, -0.25) is 4.79 Å². The maximum atomic E-state index is 13.7. The van der Waals surface area contributed by atoms with Crippen molar-refractivity contribution in [1.29, 1.82) is 0 Å². The van der Waals surface area contributed by atoms with Gasteiger partial charge in [0.15, 0.2) is 11.5 Å². The van der Waals surface area contributed by atoms with Gasteiger partial charge in [0.1, 0.15) is 11.6 Å². The maximum absolute atomic E-state index is 13.7. The van der Waals surface area contributed by atoms with Gasteiger partial charge in [0.2, 0.25) is 0 Å². The molecule has 0 aliphatic heterocycles. The molecule has 9 heteroatoms. The fourth-order valence-corrected chi connectivity index (χ4v) is 3.03. The lowest BCUT2D eigenvalue weighted by atomic mass is 10.2. The van der Waals surface area contributed by atoms with Crippen LogP contribution in [0.25, 0.3) is 5.65 Å². The molecule has 0 aliphatic carbocycles. The number of halogens is 2. The number of amides is 1. The molecule has 2 aromatic carbocycles. The van der Waals surface area contributed by atoms with E-state index in [-0.39, 0.29) is 12.1 Å². The van der Waals surface area contributed by atoms with Gasteiger partial charge in [-0.25, -0.2) is 4.39 Å². The van der Waals surface area contributed by atoms with Gasteiger partial charge in [0, 0.05) is 24.5 Å². The molecule has 2 heterocycles. The molecule has 2 N–H and O–H groups in total. The first kappa shape index (κ1) is 19.8. The Hall–Kier alpha value is -3.52. The topological polar surface area (TPSA) is 84.2 Å². The lowest BCUT2D eigenvalue weighted by Crippen LogP contribution is -2.27. The van der Waals surface area contributed by atoms with Crippen LogP contribution in [-0.2, 0) is 13.0 Å². The van der Waals surface area contributed by atoms with Crippen molar-refractivity contribution in [3.8, 4) is 0 Å². The second-order valence-corrected chi connectivity index (χ2v) is 7.01. The van der Waals surface area contributed by atoms with E-state index in [1.807, 2.05) is 36.4 Å². The highest BCUT2D eigenvalue weighted by Gasteiger charge is 2.12. The van der Waals surface area contributed by atoms with Crippen LogP contribution in [0.2, 0.25) is 5.02 Å². The second-order valence-electron chi connectivity index (χ2n) is 6.57. The Kier molecular flexibility index (Phi) is 5.85. The lowest BCUT2D eigenvalue weighted by molar-refractivity contribution is 0.0950. The molecule has 0 saturated carbocycles. The molecule has 4 rings (SSSR count). The third-order valence-corrected chi connectivity index (χ3v) is 4.72. The third-order valence-electron chi connectivity index (χ3n) is 4.47. The quantitative estimate of drug-likeness (QED) is 0.474. The number of fused-ring (bicyclic) bond motifs is 1. The maximum Gasteiger partial charge on any atom is 0.254 e. The Bertz CT molecular complexity index is 1180. The first-order chi connectivity index (χ1) is 14.6. The average molecular weight is 425 g/mol. The van der Waals surface area contributed by atoms with Crippen LogP contribution < -0.4 is 10.6 Å². The molecule has 0 saturated heterocycles. The van der Waals surface area contributed by atoms with E-state index in [1.165, 1.54) is 12.1 Å². The standard InChI is InChI=1S/C21H18ClFN6O/c22-15-7-5-14(6-8-15)13-25-18-9-10-19-26-27-20(29(19)28-18)11-12-24-21(30)16-3-1-2-4-17(16)23/h1-10H,11-13H2,(H,24,30)(H,25,28). The van der Waals surface area contributed by atoms with Crippen LogP contribution >= 0.6 is 11.6 Å². The number of nitrogens with zero attached hydrogens (tertiary/aromatic N) is 4. The summed E-state index contributed by atoms with van der Waals surface area (Å²) in [4.78, 5) is 12.1. The minimum absolute atomic E-state index is 0.00964. The SMILES string of the molecule is O=C(NCCc1nnc2ccc(NCc3ccc(Cl)cc3)nn12)c1ccccc1F. The molecule has 0 atom stereocenters. The molecule has 152 valence electrons. The number of benzene rings is 2. The van der Waals surface area contributed by atoms with E-state index in [2.05, 4.69) is 25.9 Å². The summed E-state index contributed by atoms with van der Waals surface area (Å²) in [6.07, 6.45) is 0.398. The summed E-state index contributed by atoms with van der Waals surface area (Å²) in [7, 11) is 0. The Morgan fingerprint density at radius 3 is 2.63 bits per heavy atom. The van der Waals surface area contributed by atoms with E-state index >= 15 is 0 Å². The molecule has 0 unspecified atom stereocenters. The molecule has 2 aromatic heterocycles. The molecule has 0 spiro atoms. The average Bonchev–Trinajstić information content (AvgIpc) is 3.16. The Morgan fingerprint density at radius 1 is 1.03 bits per heavy atom. The predicted octanol–water partition coefficient (Wildman–Crippen LogP) is 3.50. The molecule has 0 radical (unpaired) electrons. The molecule has 0 aliphatic rings. The van der Waals surface area contributed by atoms with Gasteiger partial charge in [-0.2, -0.15) is 4.52 Å². The fraction of sp³-hybridized carbons (Fsp3) is 0.143. The van der Waals surface area contributed by atoms with Crippen LogP contribution in [0.3, 0.4) is 0 Å². The Morgan fingerprint density at radius 2 is 1.83 bits per heavy atom. The second kappa shape index (κ2) is 8.87. The largest absolute Gasteiger partial charge is 0.365 e. The number of hydrogen-bond donors (Lipinski definition) is 2.